The van der Waals surface area contributed by atoms with Gasteiger partial charge in [-0.05, 0) is 32.6 Å². The van der Waals surface area contributed by atoms with E-state index in [0.29, 0.717) is 39.9 Å². The van der Waals surface area contributed by atoms with E-state index in [2.05, 4.69) is 4.74 Å². The molecule has 1 aliphatic heterocycles. The van der Waals surface area contributed by atoms with Crippen LogP contribution in [0.15, 0.2) is 0 Å². The molecule has 122 valence electrons. The van der Waals surface area contributed by atoms with Gasteiger partial charge in [0.15, 0.2) is 0 Å². The minimum absolute atomic E-state index is 0.346. The van der Waals surface area contributed by atoms with Gasteiger partial charge in [0.1, 0.15) is 6.04 Å². The van der Waals surface area contributed by atoms with Crippen LogP contribution >= 0.6 is 0 Å². The third-order valence-corrected chi connectivity index (χ3v) is 3.31. The quantitative estimate of drug-likeness (QED) is 0.828. The number of ether oxygens (including phenoxy) is 2. The highest BCUT2D eigenvalue weighted by atomic mass is 19.4. The average Bonchev–Trinajstić information content (AvgIpc) is 2.34. The lowest BCUT2D eigenvalue weighted by molar-refractivity contribution is -0.244. The molecular formula is C12H18F3NO5. The Bertz CT molecular complexity index is 391. The first-order valence-corrected chi connectivity index (χ1v) is 6.41. The van der Waals surface area contributed by atoms with E-state index < -0.39 is 35.8 Å². The second-order valence-corrected chi connectivity index (χ2v) is 5.31. The van der Waals surface area contributed by atoms with Gasteiger partial charge in [-0.1, -0.05) is 0 Å². The predicted molar refractivity (Wildman–Crippen MR) is 64.7 cm³/mol. The van der Waals surface area contributed by atoms with Crippen LogP contribution in [0, 0.1) is 5.92 Å². The Morgan fingerprint density at radius 1 is 1.29 bits per heavy atom. The molecule has 0 aliphatic carbocycles. The molecule has 0 saturated carbocycles. The maximum Gasteiger partial charge on any atom is 0.427 e. The Hall–Kier alpha value is -1.51. The molecule has 0 bridgehead atoms. The first kappa shape index (κ1) is 17.5. The van der Waals surface area contributed by atoms with Crippen molar-refractivity contribution >= 4 is 12.1 Å². The molecule has 6 nitrogen and oxygen atoms in total. The molecule has 0 unspecified atom stereocenters. The molecule has 0 aromatic carbocycles. The smallest absolute Gasteiger partial charge is 0.427 e. The van der Waals surface area contributed by atoms with E-state index in [9.17, 15) is 22.8 Å². The van der Waals surface area contributed by atoms with Crippen LogP contribution in [0.25, 0.3) is 0 Å². The second kappa shape index (κ2) is 6.50. The van der Waals surface area contributed by atoms with Crippen molar-refractivity contribution in [3.8, 4) is 0 Å². The number of rotatable bonds is 4. The lowest BCUT2D eigenvalue weighted by Crippen LogP contribution is -2.51. The molecule has 9 heteroatoms. The van der Waals surface area contributed by atoms with Crippen molar-refractivity contribution in [1.29, 1.82) is 0 Å². The van der Waals surface area contributed by atoms with Crippen LogP contribution in [0.5, 0.6) is 0 Å². The normalized spacial score (nSPS) is 18.9. The number of carbonyl (C=O) groups excluding carboxylic acids is 1. The number of carboxylic acid groups (broad SMARTS) is 1. The third kappa shape index (κ3) is 4.76. The SMILES string of the molecule is CC(C)(OC(=O)N[C@H](C(=O)O)C1CCOCC1)C(F)(F)F. The van der Waals surface area contributed by atoms with Gasteiger partial charge >= 0.3 is 18.2 Å². The van der Waals surface area contributed by atoms with Gasteiger partial charge < -0.3 is 19.9 Å². The number of hydrogen-bond donors (Lipinski definition) is 2. The number of aliphatic carboxylic acids is 1. The summed E-state index contributed by atoms with van der Waals surface area (Å²) in [5.41, 5.74) is -2.70. The van der Waals surface area contributed by atoms with Crippen molar-refractivity contribution in [2.75, 3.05) is 13.2 Å². The maximum atomic E-state index is 12.6. The lowest BCUT2D eigenvalue weighted by Gasteiger charge is -2.31. The molecule has 1 fully saturated rings. The van der Waals surface area contributed by atoms with E-state index in [1.165, 1.54) is 0 Å². The summed E-state index contributed by atoms with van der Waals surface area (Å²) in [4.78, 5) is 22.7. The maximum absolute atomic E-state index is 12.6. The Balaban J connectivity index is 2.67. The monoisotopic (exact) mass is 313 g/mol. The molecule has 2 N–H and O–H groups in total. The topological polar surface area (TPSA) is 84.9 Å². The Morgan fingerprint density at radius 3 is 2.24 bits per heavy atom. The fourth-order valence-electron chi connectivity index (χ4n) is 1.88. The number of carboxylic acids is 1. The van der Waals surface area contributed by atoms with E-state index in [-0.39, 0.29) is 0 Å². The van der Waals surface area contributed by atoms with Gasteiger partial charge in [0.2, 0.25) is 5.60 Å². The summed E-state index contributed by atoms with van der Waals surface area (Å²) in [6.07, 6.45) is -5.35. The molecule has 0 aromatic heterocycles. The Morgan fingerprint density at radius 2 is 1.81 bits per heavy atom. The van der Waals surface area contributed by atoms with Crippen LogP contribution in [-0.2, 0) is 14.3 Å². The molecule has 0 spiro atoms. The first-order valence-electron chi connectivity index (χ1n) is 6.41. The molecule has 1 heterocycles. The van der Waals surface area contributed by atoms with Gasteiger partial charge in [0, 0.05) is 13.2 Å². The third-order valence-electron chi connectivity index (χ3n) is 3.31. The summed E-state index contributed by atoms with van der Waals surface area (Å²) < 4.78 is 47.2. The van der Waals surface area contributed by atoms with E-state index in [4.69, 9.17) is 9.84 Å². The first-order chi connectivity index (χ1) is 9.54. The average molecular weight is 313 g/mol. The van der Waals surface area contributed by atoms with Crippen LogP contribution < -0.4 is 5.32 Å². The summed E-state index contributed by atoms with van der Waals surface area (Å²) in [6, 6.07) is -1.30. The summed E-state index contributed by atoms with van der Waals surface area (Å²) in [7, 11) is 0. The van der Waals surface area contributed by atoms with E-state index in [1.807, 2.05) is 5.32 Å². The van der Waals surface area contributed by atoms with Crippen molar-refractivity contribution in [1.82, 2.24) is 5.32 Å². The molecule has 1 rings (SSSR count). The zero-order valence-electron chi connectivity index (χ0n) is 11.7. The number of amides is 1. The second-order valence-electron chi connectivity index (χ2n) is 5.31. The van der Waals surface area contributed by atoms with Crippen LogP contribution in [0.2, 0.25) is 0 Å². The number of carbonyl (C=O) groups is 2. The fourth-order valence-corrected chi connectivity index (χ4v) is 1.88. The number of alkyl halides is 3. The van der Waals surface area contributed by atoms with Gasteiger partial charge in [0.05, 0.1) is 0 Å². The van der Waals surface area contributed by atoms with Gasteiger partial charge in [-0.2, -0.15) is 13.2 Å². The largest absolute Gasteiger partial charge is 0.480 e. The zero-order valence-corrected chi connectivity index (χ0v) is 11.7. The number of nitrogens with one attached hydrogen (secondary N) is 1. The summed E-state index contributed by atoms with van der Waals surface area (Å²) in [5, 5.41) is 11.1. The van der Waals surface area contributed by atoms with E-state index >= 15 is 0 Å². The van der Waals surface area contributed by atoms with Gasteiger partial charge in [-0.3, -0.25) is 0 Å². The van der Waals surface area contributed by atoms with Crippen molar-refractivity contribution < 1.29 is 37.3 Å². The zero-order chi connectivity index (χ0) is 16.3. The van der Waals surface area contributed by atoms with Crippen LogP contribution in [0.3, 0.4) is 0 Å². The van der Waals surface area contributed by atoms with Gasteiger partial charge in [0.25, 0.3) is 0 Å². The number of halogens is 3. The molecule has 1 saturated heterocycles. The molecule has 0 radical (unpaired) electrons. The standard InChI is InChI=1S/C12H18F3NO5/c1-11(2,12(13,14)15)21-10(19)16-8(9(17)18)7-3-5-20-6-4-7/h7-8H,3-6H2,1-2H3,(H,16,19)(H,17,18)/t8-/m0/s1. The molecular weight excluding hydrogens is 295 g/mol. The Labute approximate surface area is 119 Å². The summed E-state index contributed by atoms with van der Waals surface area (Å²) in [5.74, 6) is -1.72. The van der Waals surface area contributed by atoms with Gasteiger partial charge in [-0.15, -0.1) is 0 Å². The highest BCUT2D eigenvalue weighted by molar-refractivity contribution is 5.80. The summed E-state index contributed by atoms with van der Waals surface area (Å²) >= 11 is 0. The fraction of sp³-hybridized carbons (Fsp3) is 0.833. The van der Waals surface area contributed by atoms with Crippen LogP contribution in [-0.4, -0.2) is 48.2 Å². The molecule has 1 aliphatic rings. The molecule has 21 heavy (non-hydrogen) atoms. The minimum atomic E-state index is -4.75. The highest BCUT2D eigenvalue weighted by Gasteiger charge is 2.51. The number of hydrogen-bond acceptors (Lipinski definition) is 4. The minimum Gasteiger partial charge on any atom is -0.480 e. The molecule has 1 atom stereocenters. The lowest BCUT2D eigenvalue weighted by atomic mass is 9.92. The van der Waals surface area contributed by atoms with Crippen LogP contribution in [0.4, 0.5) is 18.0 Å². The van der Waals surface area contributed by atoms with E-state index in [1.54, 1.807) is 0 Å². The summed E-state index contributed by atoms with van der Waals surface area (Å²) in [6.45, 7) is 2.08. The van der Waals surface area contributed by atoms with Crippen LogP contribution in [0.1, 0.15) is 26.7 Å². The van der Waals surface area contributed by atoms with Crippen molar-refractivity contribution in [2.24, 2.45) is 5.92 Å². The van der Waals surface area contributed by atoms with Crippen molar-refractivity contribution in [2.45, 2.75) is 44.5 Å². The van der Waals surface area contributed by atoms with Crippen molar-refractivity contribution in [3.63, 3.8) is 0 Å². The highest BCUT2D eigenvalue weighted by Crippen LogP contribution is 2.33. The molecule has 1 amide bonds. The van der Waals surface area contributed by atoms with E-state index in [0.717, 1.165) is 0 Å². The van der Waals surface area contributed by atoms with Crippen molar-refractivity contribution in [3.05, 3.63) is 0 Å². The number of alkyl carbamates (subject to hydrolysis) is 1. The van der Waals surface area contributed by atoms with Gasteiger partial charge in [-0.25, -0.2) is 9.59 Å². The Kier molecular flexibility index (Phi) is 5.43. The predicted octanol–water partition coefficient (Wildman–Crippen LogP) is 1.93. The molecule has 0 aromatic rings.